The van der Waals surface area contributed by atoms with Crippen LogP contribution >= 0.6 is 0 Å². The molecular formula is C26H28N5O3+. The molecule has 0 aliphatic rings. The second-order valence-corrected chi connectivity index (χ2v) is 9.21. The SMILES string of the molecule is Cc1cccc2c(N)c3cccc(C(=O)NC(C)[N+](C)(C)Cc4ccc([N+](=O)[O-])cc4)c3nc12. The van der Waals surface area contributed by atoms with Crippen LogP contribution in [0.5, 0.6) is 0 Å². The number of carbonyl (C=O) groups is 1. The van der Waals surface area contributed by atoms with Crippen molar-refractivity contribution >= 4 is 39.1 Å². The van der Waals surface area contributed by atoms with Crippen LogP contribution in [-0.4, -0.2) is 40.6 Å². The van der Waals surface area contributed by atoms with Gasteiger partial charge in [0.15, 0.2) is 6.17 Å². The first-order valence-corrected chi connectivity index (χ1v) is 11.0. The van der Waals surface area contributed by atoms with E-state index in [0.717, 1.165) is 27.4 Å². The number of para-hydroxylation sites is 2. The van der Waals surface area contributed by atoms with Crippen LogP contribution in [0.3, 0.4) is 0 Å². The maximum Gasteiger partial charge on any atom is 0.269 e. The van der Waals surface area contributed by atoms with E-state index in [1.807, 2.05) is 58.3 Å². The highest BCUT2D eigenvalue weighted by Crippen LogP contribution is 2.31. The largest absolute Gasteiger partial charge is 0.398 e. The van der Waals surface area contributed by atoms with Crippen LogP contribution in [0, 0.1) is 17.0 Å². The van der Waals surface area contributed by atoms with Gasteiger partial charge in [0.25, 0.3) is 11.6 Å². The van der Waals surface area contributed by atoms with Gasteiger partial charge in [-0.05, 0) is 30.7 Å². The molecule has 1 heterocycles. The third-order valence-corrected chi connectivity index (χ3v) is 6.45. The average molecular weight is 459 g/mol. The van der Waals surface area contributed by atoms with Crippen LogP contribution in [0.1, 0.15) is 28.4 Å². The minimum absolute atomic E-state index is 0.0564. The number of amides is 1. The number of aromatic nitrogens is 1. The number of anilines is 1. The summed E-state index contributed by atoms with van der Waals surface area (Å²) in [6, 6.07) is 17.8. The number of nitrogens with two attached hydrogens (primary N) is 1. The van der Waals surface area contributed by atoms with E-state index >= 15 is 0 Å². The smallest absolute Gasteiger partial charge is 0.269 e. The number of nitro groups is 1. The number of hydrogen-bond acceptors (Lipinski definition) is 5. The normalized spacial score (nSPS) is 12.6. The van der Waals surface area contributed by atoms with E-state index in [1.54, 1.807) is 18.2 Å². The molecule has 0 saturated heterocycles. The molecule has 3 N–H and O–H groups in total. The van der Waals surface area contributed by atoms with Crippen molar-refractivity contribution in [3.05, 3.63) is 87.5 Å². The quantitative estimate of drug-likeness (QED) is 0.145. The van der Waals surface area contributed by atoms with Crippen LogP contribution in [0.15, 0.2) is 60.7 Å². The zero-order valence-corrected chi connectivity index (χ0v) is 19.7. The number of benzene rings is 3. The fraction of sp³-hybridized carbons (Fsp3) is 0.231. The molecule has 0 aliphatic carbocycles. The number of rotatable bonds is 6. The monoisotopic (exact) mass is 458 g/mol. The summed E-state index contributed by atoms with van der Waals surface area (Å²) in [5.41, 5.74) is 10.9. The summed E-state index contributed by atoms with van der Waals surface area (Å²) in [6.07, 6.45) is -0.238. The topological polar surface area (TPSA) is 111 Å². The maximum absolute atomic E-state index is 13.3. The van der Waals surface area contributed by atoms with E-state index in [4.69, 9.17) is 10.7 Å². The number of carbonyl (C=O) groups excluding carboxylic acids is 1. The molecule has 34 heavy (non-hydrogen) atoms. The van der Waals surface area contributed by atoms with Gasteiger partial charge in [-0.25, -0.2) is 4.98 Å². The Bertz CT molecular complexity index is 1410. The highest BCUT2D eigenvalue weighted by molar-refractivity contribution is 6.13. The van der Waals surface area contributed by atoms with E-state index in [-0.39, 0.29) is 17.8 Å². The first-order valence-electron chi connectivity index (χ1n) is 11.0. The number of non-ortho nitro benzene ring substituents is 1. The molecule has 0 radical (unpaired) electrons. The lowest BCUT2D eigenvalue weighted by Crippen LogP contribution is -2.55. The molecule has 0 bridgehead atoms. The molecule has 4 aromatic rings. The minimum Gasteiger partial charge on any atom is -0.398 e. The average Bonchev–Trinajstić information content (AvgIpc) is 2.79. The van der Waals surface area contributed by atoms with Gasteiger partial charge in [-0.3, -0.25) is 14.9 Å². The molecule has 1 unspecified atom stereocenters. The molecule has 8 heteroatoms. The summed E-state index contributed by atoms with van der Waals surface area (Å²) in [7, 11) is 4.01. The molecule has 0 fully saturated rings. The summed E-state index contributed by atoms with van der Waals surface area (Å²) in [6.45, 7) is 4.50. The summed E-state index contributed by atoms with van der Waals surface area (Å²) in [5, 5.41) is 15.6. The molecular weight excluding hydrogens is 430 g/mol. The van der Waals surface area contributed by atoms with E-state index in [0.29, 0.717) is 27.8 Å². The number of nitro benzene ring substituents is 1. The summed E-state index contributed by atoms with van der Waals surface area (Å²) in [5.74, 6) is -0.229. The number of nitrogens with zero attached hydrogens (tertiary/aromatic N) is 3. The third-order valence-electron chi connectivity index (χ3n) is 6.45. The van der Waals surface area contributed by atoms with Gasteiger partial charge in [0.2, 0.25) is 0 Å². The Labute approximate surface area is 197 Å². The van der Waals surface area contributed by atoms with Crippen molar-refractivity contribution in [1.82, 2.24) is 10.3 Å². The van der Waals surface area contributed by atoms with Crippen LogP contribution in [0.2, 0.25) is 0 Å². The Balaban J connectivity index is 1.61. The molecule has 0 aliphatic heterocycles. The van der Waals surface area contributed by atoms with Crippen molar-refractivity contribution in [3.63, 3.8) is 0 Å². The van der Waals surface area contributed by atoms with Gasteiger partial charge in [-0.1, -0.05) is 30.3 Å². The van der Waals surface area contributed by atoms with Crippen molar-refractivity contribution in [3.8, 4) is 0 Å². The molecule has 1 aromatic heterocycles. The highest BCUT2D eigenvalue weighted by atomic mass is 16.6. The lowest BCUT2D eigenvalue weighted by molar-refractivity contribution is -0.928. The molecule has 3 aromatic carbocycles. The molecule has 174 valence electrons. The van der Waals surface area contributed by atoms with Gasteiger partial charge < -0.3 is 15.5 Å². The number of nitrogen functional groups attached to an aromatic ring is 1. The van der Waals surface area contributed by atoms with Crippen LogP contribution in [0.25, 0.3) is 21.8 Å². The fourth-order valence-electron chi connectivity index (χ4n) is 4.12. The Morgan fingerprint density at radius 1 is 1.06 bits per heavy atom. The Hall–Kier alpha value is -4.04. The first kappa shape index (κ1) is 23.1. The van der Waals surface area contributed by atoms with Crippen LogP contribution < -0.4 is 11.1 Å². The second kappa shape index (κ2) is 8.72. The zero-order chi connectivity index (χ0) is 24.6. The van der Waals surface area contributed by atoms with Gasteiger partial charge in [-0.2, -0.15) is 0 Å². The van der Waals surface area contributed by atoms with Gasteiger partial charge in [0.1, 0.15) is 6.54 Å². The van der Waals surface area contributed by atoms with Crippen molar-refractivity contribution < 1.29 is 14.2 Å². The van der Waals surface area contributed by atoms with Crippen molar-refractivity contribution in [2.75, 3.05) is 19.8 Å². The van der Waals surface area contributed by atoms with Crippen molar-refractivity contribution in [1.29, 1.82) is 0 Å². The summed E-state index contributed by atoms with van der Waals surface area (Å²) >= 11 is 0. The van der Waals surface area contributed by atoms with E-state index in [2.05, 4.69) is 5.32 Å². The standard InChI is InChI=1S/C26H27N5O3/c1-16-7-5-8-20-23(27)21-9-6-10-22(25(21)29-24(16)20)26(32)28-17(2)31(3,4)15-18-11-13-19(14-12-18)30(33)34/h5-14,17H,15H2,1-4H3,(H2-,27,28,29,32)/p+1. The highest BCUT2D eigenvalue weighted by Gasteiger charge is 2.27. The minimum atomic E-state index is -0.414. The predicted molar refractivity (Wildman–Crippen MR) is 134 cm³/mol. The van der Waals surface area contributed by atoms with E-state index < -0.39 is 4.92 Å². The number of aryl methyl sites for hydroxylation is 1. The van der Waals surface area contributed by atoms with Crippen molar-refractivity contribution in [2.24, 2.45) is 0 Å². The molecule has 1 amide bonds. The van der Waals surface area contributed by atoms with Gasteiger partial charge in [0, 0.05) is 35.4 Å². The molecule has 0 saturated carbocycles. The van der Waals surface area contributed by atoms with E-state index in [9.17, 15) is 14.9 Å². The molecule has 1 atom stereocenters. The molecule has 8 nitrogen and oxygen atoms in total. The number of nitrogens with one attached hydrogen (secondary N) is 1. The van der Waals surface area contributed by atoms with Gasteiger partial charge >= 0.3 is 0 Å². The molecule has 4 rings (SSSR count). The fourth-order valence-corrected chi connectivity index (χ4v) is 4.12. The lowest BCUT2D eigenvalue weighted by Gasteiger charge is -2.36. The van der Waals surface area contributed by atoms with Crippen LogP contribution in [0.4, 0.5) is 11.4 Å². The lowest BCUT2D eigenvalue weighted by atomic mass is 10.0. The van der Waals surface area contributed by atoms with Gasteiger partial charge in [0.05, 0.1) is 41.3 Å². The Morgan fingerprint density at radius 3 is 2.32 bits per heavy atom. The summed E-state index contributed by atoms with van der Waals surface area (Å²) in [4.78, 5) is 28.7. The Morgan fingerprint density at radius 2 is 1.68 bits per heavy atom. The number of quaternary nitrogens is 1. The maximum atomic E-state index is 13.3. The Kier molecular flexibility index (Phi) is 5.93. The number of hydrogen-bond donors (Lipinski definition) is 2. The van der Waals surface area contributed by atoms with Gasteiger partial charge in [-0.15, -0.1) is 0 Å². The molecule has 0 spiro atoms. The zero-order valence-electron chi connectivity index (χ0n) is 19.7. The first-order chi connectivity index (χ1) is 16.1. The third kappa shape index (κ3) is 4.27. The number of fused-ring (bicyclic) bond motifs is 2. The number of pyridine rings is 1. The summed E-state index contributed by atoms with van der Waals surface area (Å²) < 4.78 is 0.450. The van der Waals surface area contributed by atoms with Crippen LogP contribution in [-0.2, 0) is 6.54 Å². The second-order valence-electron chi connectivity index (χ2n) is 9.21. The van der Waals surface area contributed by atoms with E-state index in [1.165, 1.54) is 12.1 Å². The predicted octanol–water partition coefficient (Wildman–Crippen LogP) is 4.54. The van der Waals surface area contributed by atoms with Crippen molar-refractivity contribution in [2.45, 2.75) is 26.6 Å².